The molecule has 0 saturated heterocycles. The topological polar surface area (TPSA) is 71.2 Å². The fourth-order valence-corrected chi connectivity index (χ4v) is 2.25. The molecular weight excluding hydrogens is 250 g/mol. The average molecular weight is 273 g/mol. The number of aromatic nitrogens is 1. The third-order valence-electron chi connectivity index (χ3n) is 3.87. The summed E-state index contributed by atoms with van der Waals surface area (Å²) in [7, 11) is 0. The number of nitrogens with zero attached hydrogens (tertiary/aromatic N) is 1. The molecule has 0 saturated carbocycles. The van der Waals surface area contributed by atoms with E-state index in [1.807, 2.05) is 19.1 Å². The minimum absolute atomic E-state index is 0.0867. The maximum atomic E-state index is 9.22. The Morgan fingerprint density at radius 1 is 1.30 bits per heavy atom. The Hall–Kier alpha value is -1.49. The summed E-state index contributed by atoms with van der Waals surface area (Å²) in [4.78, 5) is 4.33. The van der Waals surface area contributed by atoms with Crippen molar-refractivity contribution in [3.05, 3.63) is 42.1 Å². The van der Waals surface area contributed by atoms with Gasteiger partial charge in [0.15, 0.2) is 0 Å². The van der Waals surface area contributed by atoms with Crippen LogP contribution in [0.25, 0.3) is 10.9 Å². The first-order valence-electron chi connectivity index (χ1n) is 7.07. The standard InChI is InChI=1S/C16H23N3O/c1-11(10-20)12(2)19-16(9-17)14-5-6-15-13(8-14)4-3-7-18-15/h3-8,11-12,16,19-20H,9-10,17H2,1-2H3. The van der Waals surface area contributed by atoms with E-state index in [-0.39, 0.29) is 24.6 Å². The summed E-state index contributed by atoms with van der Waals surface area (Å²) in [5.74, 6) is 0.200. The average Bonchev–Trinajstić information content (AvgIpc) is 2.51. The van der Waals surface area contributed by atoms with Crippen LogP contribution < -0.4 is 11.1 Å². The van der Waals surface area contributed by atoms with Crippen LogP contribution in [0, 0.1) is 5.92 Å². The first-order chi connectivity index (χ1) is 9.65. The lowest BCUT2D eigenvalue weighted by Gasteiger charge is -2.26. The van der Waals surface area contributed by atoms with Gasteiger partial charge in [0.1, 0.15) is 0 Å². The lowest BCUT2D eigenvalue weighted by atomic mass is 10.00. The van der Waals surface area contributed by atoms with Crippen molar-refractivity contribution in [1.29, 1.82) is 0 Å². The molecule has 0 bridgehead atoms. The minimum Gasteiger partial charge on any atom is -0.396 e. The van der Waals surface area contributed by atoms with Crippen molar-refractivity contribution in [1.82, 2.24) is 10.3 Å². The second kappa shape index (κ2) is 6.79. The van der Waals surface area contributed by atoms with Gasteiger partial charge in [0.25, 0.3) is 0 Å². The number of nitrogens with two attached hydrogens (primary N) is 1. The third kappa shape index (κ3) is 3.33. The summed E-state index contributed by atoms with van der Waals surface area (Å²) in [6.45, 7) is 4.79. The van der Waals surface area contributed by atoms with E-state index < -0.39 is 0 Å². The first kappa shape index (κ1) is 14.9. The molecule has 3 unspecified atom stereocenters. The van der Waals surface area contributed by atoms with Crippen molar-refractivity contribution in [2.75, 3.05) is 13.2 Å². The molecule has 4 N–H and O–H groups in total. The minimum atomic E-state index is 0.0867. The van der Waals surface area contributed by atoms with Crippen LogP contribution in [-0.4, -0.2) is 29.3 Å². The Morgan fingerprint density at radius 3 is 2.80 bits per heavy atom. The van der Waals surface area contributed by atoms with E-state index in [0.29, 0.717) is 6.54 Å². The summed E-state index contributed by atoms with van der Waals surface area (Å²) in [6, 6.07) is 10.5. The summed E-state index contributed by atoms with van der Waals surface area (Å²) < 4.78 is 0. The number of hydrogen-bond donors (Lipinski definition) is 3. The SMILES string of the molecule is CC(CO)C(C)NC(CN)c1ccc2ncccc2c1. The number of fused-ring (bicyclic) bond motifs is 1. The molecule has 2 rings (SSSR count). The molecule has 4 heteroatoms. The number of aliphatic hydroxyl groups excluding tert-OH is 1. The summed E-state index contributed by atoms with van der Waals surface area (Å²) in [5.41, 5.74) is 8.05. The van der Waals surface area contributed by atoms with Gasteiger partial charge >= 0.3 is 0 Å². The molecule has 0 aliphatic rings. The van der Waals surface area contributed by atoms with Gasteiger partial charge < -0.3 is 16.2 Å². The van der Waals surface area contributed by atoms with Crippen LogP contribution in [-0.2, 0) is 0 Å². The van der Waals surface area contributed by atoms with Crippen molar-refractivity contribution in [3.63, 3.8) is 0 Å². The van der Waals surface area contributed by atoms with Crippen LogP contribution >= 0.6 is 0 Å². The van der Waals surface area contributed by atoms with E-state index in [1.54, 1.807) is 6.20 Å². The molecule has 2 aromatic rings. The number of hydrogen-bond acceptors (Lipinski definition) is 4. The van der Waals surface area contributed by atoms with E-state index in [1.165, 1.54) is 0 Å². The summed E-state index contributed by atoms with van der Waals surface area (Å²) in [6.07, 6.45) is 1.80. The molecule has 0 amide bonds. The molecule has 0 fully saturated rings. The highest BCUT2D eigenvalue weighted by Gasteiger charge is 2.17. The number of aliphatic hydroxyl groups is 1. The van der Waals surface area contributed by atoms with Crippen LogP contribution in [0.2, 0.25) is 0 Å². The van der Waals surface area contributed by atoms with Gasteiger partial charge in [-0.3, -0.25) is 4.98 Å². The monoisotopic (exact) mass is 273 g/mol. The molecule has 1 heterocycles. The quantitative estimate of drug-likeness (QED) is 0.751. The van der Waals surface area contributed by atoms with Gasteiger partial charge in [-0.05, 0) is 36.6 Å². The Bertz CT molecular complexity index is 558. The highest BCUT2D eigenvalue weighted by Crippen LogP contribution is 2.19. The molecule has 4 nitrogen and oxygen atoms in total. The molecular formula is C16H23N3O. The zero-order chi connectivity index (χ0) is 14.5. The molecule has 3 atom stereocenters. The third-order valence-corrected chi connectivity index (χ3v) is 3.87. The summed E-state index contributed by atoms with van der Waals surface area (Å²) in [5, 5.41) is 13.8. The van der Waals surface area contributed by atoms with Gasteiger partial charge in [0, 0.05) is 36.8 Å². The van der Waals surface area contributed by atoms with Crippen LogP contribution in [0.1, 0.15) is 25.5 Å². The first-order valence-corrected chi connectivity index (χ1v) is 7.07. The normalized spacial score (nSPS) is 16.0. The van der Waals surface area contributed by atoms with Crippen molar-refractivity contribution in [2.45, 2.75) is 25.9 Å². The van der Waals surface area contributed by atoms with E-state index >= 15 is 0 Å². The van der Waals surface area contributed by atoms with Gasteiger partial charge in [-0.15, -0.1) is 0 Å². The lowest BCUT2D eigenvalue weighted by Crippen LogP contribution is -2.39. The van der Waals surface area contributed by atoms with Crippen molar-refractivity contribution < 1.29 is 5.11 Å². The molecule has 0 radical (unpaired) electrons. The zero-order valence-corrected chi connectivity index (χ0v) is 12.1. The molecule has 1 aromatic heterocycles. The van der Waals surface area contributed by atoms with Crippen molar-refractivity contribution >= 4 is 10.9 Å². The van der Waals surface area contributed by atoms with Crippen LogP contribution in [0.15, 0.2) is 36.5 Å². The van der Waals surface area contributed by atoms with Crippen LogP contribution in [0.4, 0.5) is 0 Å². The molecule has 0 aliphatic heterocycles. The smallest absolute Gasteiger partial charge is 0.0702 e. The number of benzene rings is 1. The molecule has 1 aromatic carbocycles. The Labute approximate surface area is 120 Å². The molecule has 0 aliphatic carbocycles. The highest BCUT2D eigenvalue weighted by atomic mass is 16.3. The van der Waals surface area contributed by atoms with Gasteiger partial charge in [0.05, 0.1) is 5.52 Å². The van der Waals surface area contributed by atoms with E-state index in [4.69, 9.17) is 5.73 Å². The fourth-order valence-electron chi connectivity index (χ4n) is 2.25. The number of nitrogens with one attached hydrogen (secondary N) is 1. The lowest BCUT2D eigenvalue weighted by molar-refractivity contribution is 0.201. The number of rotatable bonds is 6. The Balaban J connectivity index is 2.20. The molecule has 0 spiro atoms. The van der Waals surface area contributed by atoms with Gasteiger partial charge in [-0.1, -0.05) is 19.1 Å². The Morgan fingerprint density at radius 2 is 2.10 bits per heavy atom. The van der Waals surface area contributed by atoms with Gasteiger partial charge in [-0.25, -0.2) is 0 Å². The maximum absolute atomic E-state index is 9.22. The van der Waals surface area contributed by atoms with Crippen LogP contribution in [0.3, 0.4) is 0 Å². The molecule has 20 heavy (non-hydrogen) atoms. The van der Waals surface area contributed by atoms with Crippen molar-refractivity contribution in [3.8, 4) is 0 Å². The predicted molar refractivity (Wildman–Crippen MR) is 82.4 cm³/mol. The van der Waals surface area contributed by atoms with Crippen molar-refractivity contribution in [2.24, 2.45) is 11.7 Å². The van der Waals surface area contributed by atoms with E-state index in [2.05, 4.69) is 35.4 Å². The number of pyridine rings is 1. The van der Waals surface area contributed by atoms with E-state index in [9.17, 15) is 5.11 Å². The van der Waals surface area contributed by atoms with Crippen LogP contribution in [0.5, 0.6) is 0 Å². The summed E-state index contributed by atoms with van der Waals surface area (Å²) >= 11 is 0. The second-order valence-electron chi connectivity index (χ2n) is 5.36. The fraction of sp³-hybridized carbons (Fsp3) is 0.438. The van der Waals surface area contributed by atoms with Gasteiger partial charge in [0.2, 0.25) is 0 Å². The highest BCUT2D eigenvalue weighted by molar-refractivity contribution is 5.79. The predicted octanol–water partition coefficient (Wildman–Crippen LogP) is 1.84. The van der Waals surface area contributed by atoms with E-state index in [0.717, 1.165) is 16.5 Å². The zero-order valence-electron chi connectivity index (χ0n) is 12.1. The van der Waals surface area contributed by atoms with Gasteiger partial charge in [-0.2, -0.15) is 0 Å². The second-order valence-corrected chi connectivity index (χ2v) is 5.36. The Kier molecular flexibility index (Phi) is 5.06. The maximum Gasteiger partial charge on any atom is 0.0702 e. The molecule has 108 valence electrons. The largest absolute Gasteiger partial charge is 0.396 e.